The fourth-order valence-electron chi connectivity index (χ4n) is 1.36. The zero-order valence-electron chi connectivity index (χ0n) is 9.73. The van der Waals surface area contributed by atoms with Crippen LogP contribution in [0.4, 0.5) is 0 Å². The Kier molecular flexibility index (Phi) is 5.73. The van der Waals surface area contributed by atoms with E-state index >= 15 is 0 Å². The second-order valence-corrected chi connectivity index (χ2v) is 5.54. The molecule has 0 fully saturated rings. The highest BCUT2D eigenvalue weighted by atomic mass is 32.2. The number of likely N-dealkylation sites (N-methyl/N-ethyl adjacent to an activating group) is 1. The molecule has 1 aromatic heterocycles. The van der Waals surface area contributed by atoms with Crippen molar-refractivity contribution < 1.29 is 0 Å². The molecule has 15 heavy (non-hydrogen) atoms. The zero-order valence-corrected chi connectivity index (χ0v) is 10.6. The van der Waals surface area contributed by atoms with Crippen LogP contribution in [0.25, 0.3) is 0 Å². The maximum atomic E-state index is 4.03. The summed E-state index contributed by atoms with van der Waals surface area (Å²) in [4.78, 5) is 4.03. The number of hydrogen-bond donors (Lipinski definition) is 1. The summed E-state index contributed by atoms with van der Waals surface area (Å²) in [6.07, 6.45) is 4.80. The Balaban J connectivity index is 2.40. The minimum absolute atomic E-state index is 0.555. The van der Waals surface area contributed by atoms with Gasteiger partial charge < -0.3 is 5.32 Å². The number of rotatable bonds is 6. The molecule has 0 aliphatic rings. The van der Waals surface area contributed by atoms with Crippen LogP contribution in [0, 0.1) is 0 Å². The molecular weight excluding hydrogens is 204 g/mol. The van der Waals surface area contributed by atoms with E-state index in [9.17, 15) is 0 Å². The van der Waals surface area contributed by atoms with Crippen molar-refractivity contribution in [1.82, 2.24) is 10.3 Å². The summed E-state index contributed by atoms with van der Waals surface area (Å²) < 4.78 is 0. The Bertz CT molecular complexity index is 262. The van der Waals surface area contributed by atoms with Crippen molar-refractivity contribution in [3.8, 4) is 0 Å². The van der Waals surface area contributed by atoms with Crippen LogP contribution in [-0.2, 0) is 6.42 Å². The van der Waals surface area contributed by atoms with Crippen molar-refractivity contribution >= 4 is 11.8 Å². The van der Waals surface area contributed by atoms with Gasteiger partial charge in [0.05, 0.1) is 0 Å². The Labute approximate surface area is 96.9 Å². The molecule has 0 amide bonds. The third-order valence-electron chi connectivity index (χ3n) is 2.27. The van der Waals surface area contributed by atoms with Gasteiger partial charge in [-0.2, -0.15) is 11.8 Å². The second kappa shape index (κ2) is 6.85. The standard InChI is InChI=1S/C12H20N2S/c1-10(2)15-9-12(13-3)8-11-4-6-14-7-5-11/h4-7,10,12-13H,8-9H2,1-3H3. The first-order chi connectivity index (χ1) is 7.22. The molecule has 1 unspecified atom stereocenters. The highest BCUT2D eigenvalue weighted by Gasteiger charge is 2.08. The molecule has 1 rings (SSSR count). The summed E-state index contributed by atoms with van der Waals surface area (Å²) in [5, 5.41) is 4.07. The summed E-state index contributed by atoms with van der Waals surface area (Å²) in [6, 6.07) is 4.73. The minimum atomic E-state index is 0.555. The lowest BCUT2D eigenvalue weighted by Crippen LogP contribution is -2.30. The molecule has 1 atom stereocenters. The van der Waals surface area contributed by atoms with Gasteiger partial charge in [0.25, 0.3) is 0 Å². The SMILES string of the molecule is CNC(CSC(C)C)Cc1ccncc1. The molecule has 0 aliphatic heterocycles. The molecule has 0 bridgehead atoms. The number of thioether (sulfide) groups is 1. The highest BCUT2D eigenvalue weighted by molar-refractivity contribution is 7.99. The predicted molar refractivity (Wildman–Crippen MR) is 68.4 cm³/mol. The minimum Gasteiger partial charge on any atom is -0.316 e. The number of hydrogen-bond acceptors (Lipinski definition) is 3. The molecule has 1 N–H and O–H groups in total. The average Bonchev–Trinajstić information content (AvgIpc) is 2.25. The highest BCUT2D eigenvalue weighted by Crippen LogP contribution is 2.13. The number of aromatic nitrogens is 1. The molecule has 2 nitrogen and oxygen atoms in total. The molecule has 0 radical (unpaired) electrons. The van der Waals surface area contributed by atoms with E-state index in [4.69, 9.17) is 0 Å². The Morgan fingerprint density at radius 3 is 2.53 bits per heavy atom. The van der Waals surface area contributed by atoms with Gasteiger partial charge in [-0.1, -0.05) is 13.8 Å². The van der Waals surface area contributed by atoms with Crippen molar-refractivity contribution in [2.45, 2.75) is 31.6 Å². The molecule has 84 valence electrons. The van der Waals surface area contributed by atoms with Gasteiger partial charge in [0, 0.05) is 24.2 Å². The van der Waals surface area contributed by atoms with Gasteiger partial charge in [-0.25, -0.2) is 0 Å². The van der Waals surface area contributed by atoms with E-state index in [2.05, 4.69) is 36.3 Å². The summed E-state index contributed by atoms with van der Waals surface area (Å²) >= 11 is 2.01. The van der Waals surface area contributed by atoms with E-state index in [0.717, 1.165) is 12.2 Å². The van der Waals surface area contributed by atoms with E-state index in [1.807, 2.05) is 31.2 Å². The molecule has 0 saturated carbocycles. The van der Waals surface area contributed by atoms with Crippen LogP contribution in [0.2, 0.25) is 0 Å². The monoisotopic (exact) mass is 224 g/mol. The van der Waals surface area contributed by atoms with E-state index < -0.39 is 0 Å². The van der Waals surface area contributed by atoms with Crippen molar-refractivity contribution in [2.75, 3.05) is 12.8 Å². The fourth-order valence-corrected chi connectivity index (χ4v) is 2.26. The third kappa shape index (κ3) is 5.19. The van der Waals surface area contributed by atoms with Crippen molar-refractivity contribution in [3.05, 3.63) is 30.1 Å². The number of pyridine rings is 1. The van der Waals surface area contributed by atoms with Gasteiger partial charge in [-0.05, 0) is 36.4 Å². The molecule has 1 aromatic rings. The average molecular weight is 224 g/mol. The van der Waals surface area contributed by atoms with Crippen LogP contribution in [0.5, 0.6) is 0 Å². The molecule has 0 saturated heterocycles. The zero-order chi connectivity index (χ0) is 11.1. The smallest absolute Gasteiger partial charge is 0.0270 e. The van der Waals surface area contributed by atoms with Crippen LogP contribution in [-0.4, -0.2) is 29.1 Å². The van der Waals surface area contributed by atoms with Gasteiger partial charge in [0.2, 0.25) is 0 Å². The molecule has 3 heteroatoms. The number of nitrogens with one attached hydrogen (secondary N) is 1. The Hall–Kier alpha value is -0.540. The molecule has 1 heterocycles. The van der Waals surface area contributed by atoms with Crippen LogP contribution in [0.15, 0.2) is 24.5 Å². The van der Waals surface area contributed by atoms with Gasteiger partial charge in [-0.15, -0.1) is 0 Å². The van der Waals surface area contributed by atoms with Crippen LogP contribution in [0.1, 0.15) is 19.4 Å². The number of nitrogens with zero attached hydrogens (tertiary/aromatic N) is 1. The first kappa shape index (κ1) is 12.5. The van der Waals surface area contributed by atoms with Gasteiger partial charge >= 0.3 is 0 Å². The van der Waals surface area contributed by atoms with Crippen LogP contribution < -0.4 is 5.32 Å². The lowest BCUT2D eigenvalue weighted by atomic mass is 10.1. The maximum absolute atomic E-state index is 4.03. The lowest BCUT2D eigenvalue weighted by Gasteiger charge is -2.16. The summed E-state index contributed by atoms with van der Waals surface area (Å²) in [6.45, 7) is 4.48. The molecule has 0 aliphatic carbocycles. The lowest BCUT2D eigenvalue weighted by molar-refractivity contribution is 0.616. The Morgan fingerprint density at radius 1 is 1.33 bits per heavy atom. The normalized spacial score (nSPS) is 13.1. The summed E-state index contributed by atoms with van der Waals surface area (Å²) in [5.41, 5.74) is 1.36. The largest absolute Gasteiger partial charge is 0.316 e. The van der Waals surface area contributed by atoms with Crippen molar-refractivity contribution in [1.29, 1.82) is 0 Å². The summed E-state index contributed by atoms with van der Waals surface area (Å²) in [5.74, 6) is 1.16. The summed E-state index contributed by atoms with van der Waals surface area (Å²) in [7, 11) is 2.03. The Morgan fingerprint density at radius 2 is 2.00 bits per heavy atom. The van der Waals surface area contributed by atoms with E-state index in [1.54, 1.807) is 0 Å². The van der Waals surface area contributed by atoms with Gasteiger partial charge in [0.15, 0.2) is 0 Å². The van der Waals surface area contributed by atoms with E-state index in [1.165, 1.54) is 5.56 Å². The van der Waals surface area contributed by atoms with E-state index in [0.29, 0.717) is 11.3 Å². The second-order valence-electron chi connectivity index (χ2n) is 3.93. The van der Waals surface area contributed by atoms with E-state index in [-0.39, 0.29) is 0 Å². The quantitative estimate of drug-likeness (QED) is 0.803. The third-order valence-corrected chi connectivity index (χ3v) is 3.53. The fraction of sp³-hybridized carbons (Fsp3) is 0.583. The van der Waals surface area contributed by atoms with Crippen LogP contribution in [0.3, 0.4) is 0 Å². The molecule has 0 aromatic carbocycles. The van der Waals surface area contributed by atoms with Gasteiger partial charge in [0.1, 0.15) is 0 Å². The maximum Gasteiger partial charge on any atom is 0.0270 e. The molecular formula is C12H20N2S. The van der Waals surface area contributed by atoms with Crippen LogP contribution >= 0.6 is 11.8 Å². The first-order valence-corrected chi connectivity index (χ1v) is 6.45. The topological polar surface area (TPSA) is 24.9 Å². The van der Waals surface area contributed by atoms with Crippen molar-refractivity contribution in [3.63, 3.8) is 0 Å². The van der Waals surface area contributed by atoms with Gasteiger partial charge in [-0.3, -0.25) is 4.98 Å². The van der Waals surface area contributed by atoms with Crippen molar-refractivity contribution in [2.24, 2.45) is 0 Å². The predicted octanol–water partition coefficient (Wildman–Crippen LogP) is 2.35. The first-order valence-electron chi connectivity index (χ1n) is 5.40. The molecule has 0 spiro atoms.